The molecule has 2 aromatic carbocycles. The average molecular weight is 354 g/mol. The number of amides is 1. The van der Waals surface area contributed by atoms with Crippen LogP contribution in [0.15, 0.2) is 91.4 Å². The Bertz CT molecular complexity index is 1040. The lowest BCUT2D eigenvalue weighted by molar-refractivity contribution is 0.0951. The van der Waals surface area contributed by atoms with E-state index in [2.05, 4.69) is 15.4 Å². The molecule has 1 amide bonds. The summed E-state index contributed by atoms with van der Waals surface area (Å²) in [5.74, 6) is 0.614. The quantitative estimate of drug-likeness (QED) is 0.592. The zero-order chi connectivity index (χ0) is 18.5. The maximum absolute atomic E-state index is 12.8. The van der Waals surface area contributed by atoms with Crippen molar-refractivity contribution in [2.24, 2.45) is 0 Å². The number of nitrogens with one attached hydrogen (secondary N) is 1. The van der Waals surface area contributed by atoms with Crippen LogP contribution in [0.3, 0.4) is 0 Å². The molecule has 0 spiro atoms. The average Bonchev–Trinajstić information content (AvgIpc) is 3.28. The Hall–Kier alpha value is -3.73. The van der Waals surface area contributed by atoms with Crippen molar-refractivity contribution in [1.82, 2.24) is 20.1 Å². The third kappa shape index (κ3) is 3.77. The van der Waals surface area contributed by atoms with E-state index in [9.17, 15) is 4.79 Å². The van der Waals surface area contributed by atoms with Crippen LogP contribution in [0, 0.1) is 0 Å². The Morgan fingerprint density at radius 2 is 1.74 bits per heavy atom. The SMILES string of the molecule is O=C(NCc1ccnc(-n2cccn2)c1)c1ccccc1-c1ccccc1. The van der Waals surface area contributed by atoms with Gasteiger partial charge in [-0.1, -0.05) is 48.5 Å². The fourth-order valence-electron chi connectivity index (χ4n) is 2.93. The minimum Gasteiger partial charge on any atom is -0.348 e. The number of aromatic nitrogens is 3. The van der Waals surface area contributed by atoms with Gasteiger partial charge in [0.2, 0.25) is 0 Å². The topological polar surface area (TPSA) is 59.8 Å². The molecule has 0 saturated carbocycles. The van der Waals surface area contributed by atoms with Gasteiger partial charge >= 0.3 is 0 Å². The molecule has 5 heteroatoms. The number of benzene rings is 2. The van der Waals surface area contributed by atoms with Crippen molar-refractivity contribution in [3.63, 3.8) is 0 Å². The molecular formula is C22H18N4O. The van der Waals surface area contributed by atoms with Gasteiger partial charge in [0, 0.05) is 30.7 Å². The Kier molecular flexibility index (Phi) is 4.74. The summed E-state index contributed by atoms with van der Waals surface area (Å²) >= 11 is 0. The Balaban J connectivity index is 1.52. The van der Waals surface area contributed by atoms with Gasteiger partial charge in [0.25, 0.3) is 5.91 Å². The number of hydrogen-bond donors (Lipinski definition) is 1. The summed E-state index contributed by atoms with van der Waals surface area (Å²) in [6.07, 6.45) is 5.26. The number of carbonyl (C=O) groups excluding carboxylic acids is 1. The molecule has 2 heterocycles. The number of rotatable bonds is 5. The minimum atomic E-state index is -0.105. The van der Waals surface area contributed by atoms with Crippen LogP contribution in [-0.4, -0.2) is 20.7 Å². The fourth-order valence-corrected chi connectivity index (χ4v) is 2.93. The lowest BCUT2D eigenvalue weighted by Gasteiger charge is -2.11. The normalized spacial score (nSPS) is 10.5. The summed E-state index contributed by atoms with van der Waals surface area (Å²) < 4.78 is 1.69. The molecular weight excluding hydrogens is 336 g/mol. The Morgan fingerprint density at radius 3 is 2.56 bits per heavy atom. The molecule has 0 unspecified atom stereocenters. The minimum absolute atomic E-state index is 0.105. The zero-order valence-electron chi connectivity index (χ0n) is 14.6. The van der Waals surface area contributed by atoms with Gasteiger partial charge in [-0.25, -0.2) is 9.67 Å². The summed E-state index contributed by atoms with van der Waals surface area (Å²) in [7, 11) is 0. The second kappa shape index (κ2) is 7.66. The summed E-state index contributed by atoms with van der Waals surface area (Å²) in [6, 6.07) is 23.2. The van der Waals surface area contributed by atoms with Crippen LogP contribution in [0.5, 0.6) is 0 Å². The van der Waals surface area contributed by atoms with Crippen molar-refractivity contribution in [3.8, 4) is 16.9 Å². The van der Waals surface area contributed by atoms with Crippen molar-refractivity contribution in [3.05, 3.63) is 103 Å². The van der Waals surface area contributed by atoms with Crippen molar-refractivity contribution < 1.29 is 4.79 Å². The molecule has 132 valence electrons. The second-order valence-electron chi connectivity index (χ2n) is 6.07. The fraction of sp³-hybridized carbons (Fsp3) is 0.0455. The first-order valence-electron chi connectivity index (χ1n) is 8.69. The molecule has 0 atom stereocenters. The van der Waals surface area contributed by atoms with E-state index < -0.39 is 0 Å². The van der Waals surface area contributed by atoms with E-state index in [-0.39, 0.29) is 5.91 Å². The van der Waals surface area contributed by atoms with Gasteiger partial charge in [-0.15, -0.1) is 0 Å². The summed E-state index contributed by atoms with van der Waals surface area (Å²) in [5.41, 5.74) is 3.56. The predicted molar refractivity (Wildman–Crippen MR) is 104 cm³/mol. The van der Waals surface area contributed by atoms with E-state index in [4.69, 9.17) is 0 Å². The highest BCUT2D eigenvalue weighted by atomic mass is 16.1. The lowest BCUT2D eigenvalue weighted by atomic mass is 9.99. The molecule has 4 rings (SSSR count). The van der Waals surface area contributed by atoms with Gasteiger partial charge in [-0.2, -0.15) is 5.10 Å². The second-order valence-corrected chi connectivity index (χ2v) is 6.07. The molecule has 0 saturated heterocycles. The maximum Gasteiger partial charge on any atom is 0.252 e. The van der Waals surface area contributed by atoms with Crippen molar-refractivity contribution in [1.29, 1.82) is 0 Å². The molecule has 0 radical (unpaired) electrons. The monoisotopic (exact) mass is 354 g/mol. The number of pyridine rings is 1. The van der Waals surface area contributed by atoms with Gasteiger partial charge in [0.05, 0.1) is 0 Å². The highest BCUT2D eigenvalue weighted by Crippen LogP contribution is 2.23. The molecule has 0 aliphatic rings. The first-order valence-corrected chi connectivity index (χ1v) is 8.69. The smallest absolute Gasteiger partial charge is 0.252 e. The van der Waals surface area contributed by atoms with Crippen LogP contribution in [0.4, 0.5) is 0 Å². The molecule has 1 N–H and O–H groups in total. The summed E-state index contributed by atoms with van der Waals surface area (Å²) in [5, 5.41) is 7.18. The van der Waals surface area contributed by atoms with Crippen LogP contribution < -0.4 is 5.32 Å². The van der Waals surface area contributed by atoms with Crippen molar-refractivity contribution >= 4 is 5.91 Å². The van der Waals surface area contributed by atoms with E-state index in [1.807, 2.05) is 79.0 Å². The van der Waals surface area contributed by atoms with E-state index in [0.717, 1.165) is 22.5 Å². The molecule has 0 fully saturated rings. The standard InChI is InChI=1S/C22H18N4O/c27-22(20-10-5-4-9-19(20)18-7-2-1-3-8-18)24-16-17-11-13-23-21(15-17)26-14-6-12-25-26/h1-15H,16H2,(H,24,27). The highest BCUT2D eigenvalue weighted by molar-refractivity contribution is 6.00. The molecule has 0 bridgehead atoms. The van der Waals surface area contributed by atoms with E-state index in [0.29, 0.717) is 12.1 Å². The van der Waals surface area contributed by atoms with Gasteiger partial charge in [0.15, 0.2) is 5.82 Å². The molecule has 0 aliphatic carbocycles. The highest BCUT2D eigenvalue weighted by Gasteiger charge is 2.12. The Labute approximate surface area is 157 Å². The molecule has 5 nitrogen and oxygen atoms in total. The van der Waals surface area contributed by atoms with Gasteiger partial charge in [-0.3, -0.25) is 4.79 Å². The largest absolute Gasteiger partial charge is 0.348 e. The molecule has 27 heavy (non-hydrogen) atoms. The van der Waals surface area contributed by atoms with E-state index in [1.54, 1.807) is 17.1 Å². The third-order valence-corrected chi connectivity index (χ3v) is 4.26. The van der Waals surface area contributed by atoms with E-state index >= 15 is 0 Å². The van der Waals surface area contributed by atoms with Crippen LogP contribution in [0.25, 0.3) is 16.9 Å². The van der Waals surface area contributed by atoms with Crippen LogP contribution in [-0.2, 0) is 6.54 Å². The van der Waals surface area contributed by atoms with Gasteiger partial charge < -0.3 is 5.32 Å². The van der Waals surface area contributed by atoms with Gasteiger partial charge in [0.1, 0.15) is 0 Å². The molecule has 0 aliphatic heterocycles. The Morgan fingerprint density at radius 1 is 0.926 bits per heavy atom. The number of nitrogens with zero attached hydrogens (tertiary/aromatic N) is 3. The zero-order valence-corrected chi connectivity index (χ0v) is 14.6. The van der Waals surface area contributed by atoms with Crippen LogP contribution in [0.1, 0.15) is 15.9 Å². The van der Waals surface area contributed by atoms with Crippen LogP contribution in [0.2, 0.25) is 0 Å². The molecule has 4 aromatic rings. The maximum atomic E-state index is 12.8. The van der Waals surface area contributed by atoms with Crippen molar-refractivity contribution in [2.75, 3.05) is 0 Å². The first-order chi connectivity index (χ1) is 13.3. The van der Waals surface area contributed by atoms with Crippen molar-refractivity contribution in [2.45, 2.75) is 6.54 Å². The first kappa shape index (κ1) is 16.7. The predicted octanol–water partition coefficient (Wildman–Crippen LogP) is 3.86. The summed E-state index contributed by atoms with van der Waals surface area (Å²) in [4.78, 5) is 17.1. The summed E-state index contributed by atoms with van der Waals surface area (Å²) in [6.45, 7) is 0.415. The molecule has 2 aromatic heterocycles. The van der Waals surface area contributed by atoms with Gasteiger partial charge in [-0.05, 0) is 41.0 Å². The third-order valence-electron chi connectivity index (χ3n) is 4.26. The van der Waals surface area contributed by atoms with Crippen LogP contribution >= 0.6 is 0 Å². The lowest BCUT2D eigenvalue weighted by Crippen LogP contribution is -2.23. The van der Waals surface area contributed by atoms with E-state index in [1.165, 1.54) is 0 Å². The number of hydrogen-bond acceptors (Lipinski definition) is 3. The number of carbonyl (C=O) groups is 1.